The molecule has 0 aliphatic carbocycles. The van der Waals surface area contributed by atoms with Crippen LogP contribution in [0.3, 0.4) is 0 Å². The molecule has 3 rings (SSSR count). The zero-order valence-corrected chi connectivity index (χ0v) is 16.5. The van der Waals surface area contributed by atoms with Crippen LogP contribution in [0, 0.1) is 0 Å². The Balaban J connectivity index is 1.78. The number of hydrogen-bond acceptors (Lipinski definition) is 5. The van der Waals surface area contributed by atoms with Gasteiger partial charge in [-0.05, 0) is 24.6 Å². The van der Waals surface area contributed by atoms with Crippen LogP contribution >= 0.6 is 11.3 Å². The average Bonchev–Trinajstić information content (AvgIpc) is 3.16. The second-order valence-electron chi connectivity index (χ2n) is 6.11. The summed E-state index contributed by atoms with van der Waals surface area (Å²) in [6, 6.07) is 15.6. The lowest BCUT2D eigenvalue weighted by atomic mass is 10.1. The van der Waals surface area contributed by atoms with Crippen molar-refractivity contribution in [1.82, 2.24) is 9.88 Å². The summed E-state index contributed by atoms with van der Waals surface area (Å²) in [5, 5.41) is 7.66. The number of nitrogens with zero attached hydrogens (tertiary/aromatic N) is 2. The third-order valence-electron chi connectivity index (χ3n) is 4.34. The number of carbonyl (C=O) groups is 1. The number of aromatic nitrogens is 1. The number of rotatable bonds is 5. The molecule has 3 aromatic rings. The predicted molar refractivity (Wildman–Crippen MR) is 106 cm³/mol. The van der Waals surface area contributed by atoms with Crippen LogP contribution in [0.15, 0.2) is 64.9 Å². The largest absolute Gasteiger partial charge is 0.334 e. The number of nitrogens with two attached hydrogens (primary N) is 1. The third kappa shape index (κ3) is 4.24. The van der Waals surface area contributed by atoms with Gasteiger partial charge in [0.2, 0.25) is 10.0 Å². The highest BCUT2D eigenvalue weighted by Crippen LogP contribution is 2.26. The zero-order chi connectivity index (χ0) is 19.6. The van der Waals surface area contributed by atoms with Gasteiger partial charge in [-0.25, -0.2) is 18.5 Å². The summed E-state index contributed by atoms with van der Waals surface area (Å²) in [6.07, 6.45) is 0. The van der Waals surface area contributed by atoms with Gasteiger partial charge in [-0.1, -0.05) is 42.5 Å². The van der Waals surface area contributed by atoms with E-state index in [4.69, 9.17) is 5.14 Å². The molecular formula is C19H19N3O3S2. The quantitative estimate of drug-likeness (QED) is 0.710. The minimum atomic E-state index is -3.74. The van der Waals surface area contributed by atoms with Crippen molar-refractivity contribution in [2.24, 2.45) is 5.14 Å². The molecular weight excluding hydrogens is 382 g/mol. The van der Waals surface area contributed by atoms with Crippen LogP contribution in [-0.4, -0.2) is 31.3 Å². The molecule has 0 aliphatic heterocycles. The molecule has 0 spiro atoms. The summed E-state index contributed by atoms with van der Waals surface area (Å²) in [4.78, 5) is 18.9. The molecule has 1 aromatic heterocycles. The van der Waals surface area contributed by atoms with E-state index in [2.05, 4.69) is 4.98 Å². The van der Waals surface area contributed by atoms with Gasteiger partial charge in [-0.2, -0.15) is 0 Å². The minimum absolute atomic E-state index is 0.0411. The van der Waals surface area contributed by atoms with E-state index in [0.29, 0.717) is 5.69 Å². The topological polar surface area (TPSA) is 93.4 Å². The molecule has 6 nitrogen and oxygen atoms in total. The van der Waals surface area contributed by atoms with Crippen LogP contribution in [-0.2, 0) is 10.0 Å². The Kier molecular flexibility index (Phi) is 5.41. The summed E-state index contributed by atoms with van der Waals surface area (Å²) in [6.45, 7) is 1.87. The molecule has 1 heterocycles. The molecule has 0 radical (unpaired) electrons. The van der Waals surface area contributed by atoms with Gasteiger partial charge in [-0.15, -0.1) is 11.3 Å². The third-order valence-corrected chi connectivity index (χ3v) is 6.16. The molecule has 0 bridgehead atoms. The molecule has 0 unspecified atom stereocenters. The second kappa shape index (κ2) is 7.59. The molecule has 1 amide bonds. The summed E-state index contributed by atoms with van der Waals surface area (Å²) in [7, 11) is -2.04. The Morgan fingerprint density at radius 2 is 1.74 bits per heavy atom. The van der Waals surface area contributed by atoms with Gasteiger partial charge in [0.25, 0.3) is 5.91 Å². The van der Waals surface area contributed by atoms with Crippen LogP contribution in [0.5, 0.6) is 0 Å². The first-order chi connectivity index (χ1) is 12.8. The van der Waals surface area contributed by atoms with Crippen LogP contribution < -0.4 is 5.14 Å². The summed E-state index contributed by atoms with van der Waals surface area (Å²) >= 11 is 1.42. The zero-order valence-electron chi connectivity index (χ0n) is 14.9. The summed E-state index contributed by atoms with van der Waals surface area (Å²) in [5.41, 5.74) is 2.15. The van der Waals surface area contributed by atoms with E-state index >= 15 is 0 Å². The molecule has 0 aliphatic rings. The molecule has 1 atom stereocenters. The number of amides is 1. The van der Waals surface area contributed by atoms with Gasteiger partial charge in [0.05, 0.1) is 10.9 Å². The van der Waals surface area contributed by atoms with Crippen molar-refractivity contribution in [2.75, 3.05) is 7.05 Å². The van der Waals surface area contributed by atoms with Crippen molar-refractivity contribution in [2.45, 2.75) is 17.9 Å². The normalized spacial score (nSPS) is 12.6. The van der Waals surface area contributed by atoms with Gasteiger partial charge >= 0.3 is 0 Å². The first-order valence-corrected chi connectivity index (χ1v) is 10.6. The standard InChI is InChI=1S/C19H19N3O3S2/c1-13(14-8-10-16(11-9-14)27(20,24)25)22(2)19(23)17-12-26-18(21-17)15-6-4-3-5-7-15/h3-13H,1-2H3,(H2,20,24,25)/t13-/m1/s1. The summed E-state index contributed by atoms with van der Waals surface area (Å²) < 4.78 is 22.7. The minimum Gasteiger partial charge on any atom is -0.334 e. The maximum Gasteiger partial charge on any atom is 0.273 e. The highest BCUT2D eigenvalue weighted by molar-refractivity contribution is 7.89. The number of sulfonamides is 1. The Hall–Kier alpha value is -2.55. The lowest BCUT2D eigenvalue weighted by Gasteiger charge is -2.24. The highest BCUT2D eigenvalue weighted by atomic mass is 32.2. The Morgan fingerprint density at radius 1 is 1.11 bits per heavy atom. The number of carbonyl (C=O) groups excluding carboxylic acids is 1. The highest BCUT2D eigenvalue weighted by Gasteiger charge is 2.22. The molecule has 140 valence electrons. The molecule has 8 heteroatoms. The fourth-order valence-electron chi connectivity index (χ4n) is 2.60. The van der Waals surface area contributed by atoms with Gasteiger partial charge in [0.15, 0.2) is 0 Å². The Bertz CT molecular complexity index is 1050. The van der Waals surface area contributed by atoms with Gasteiger partial charge < -0.3 is 4.90 Å². The van der Waals surface area contributed by atoms with Crippen LogP contribution in [0.4, 0.5) is 0 Å². The molecule has 2 aromatic carbocycles. The van der Waals surface area contributed by atoms with E-state index in [-0.39, 0.29) is 16.8 Å². The average molecular weight is 402 g/mol. The predicted octanol–water partition coefficient (Wildman–Crippen LogP) is 3.29. The van der Waals surface area contributed by atoms with Crippen LogP contribution in [0.2, 0.25) is 0 Å². The number of benzene rings is 2. The van der Waals surface area contributed by atoms with Crippen molar-refractivity contribution in [3.63, 3.8) is 0 Å². The van der Waals surface area contributed by atoms with Crippen LogP contribution in [0.25, 0.3) is 10.6 Å². The number of primary sulfonamides is 1. The summed E-state index contributed by atoms with van der Waals surface area (Å²) in [5.74, 6) is -0.198. The van der Waals surface area contributed by atoms with Crippen molar-refractivity contribution < 1.29 is 13.2 Å². The first kappa shape index (κ1) is 19.2. The number of hydrogen-bond donors (Lipinski definition) is 1. The Morgan fingerprint density at radius 3 is 2.33 bits per heavy atom. The molecule has 0 saturated heterocycles. The van der Waals surface area contributed by atoms with Crippen molar-refractivity contribution in [3.05, 3.63) is 71.2 Å². The lowest BCUT2D eigenvalue weighted by Crippen LogP contribution is -2.30. The van der Waals surface area contributed by atoms with E-state index in [9.17, 15) is 13.2 Å². The monoisotopic (exact) mass is 401 g/mol. The molecule has 27 heavy (non-hydrogen) atoms. The smallest absolute Gasteiger partial charge is 0.273 e. The fraction of sp³-hybridized carbons (Fsp3) is 0.158. The first-order valence-electron chi connectivity index (χ1n) is 8.18. The van der Waals surface area contributed by atoms with Crippen molar-refractivity contribution in [3.8, 4) is 10.6 Å². The SMILES string of the molecule is C[C@H](c1ccc(S(N)(=O)=O)cc1)N(C)C(=O)c1csc(-c2ccccc2)n1. The van der Waals surface area contributed by atoms with Gasteiger partial charge in [0, 0.05) is 18.0 Å². The van der Waals surface area contributed by atoms with Gasteiger partial charge in [0.1, 0.15) is 10.7 Å². The van der Waals surface area contributed by atoms with E-state index < -0.39 is 10.0 Å². The van der Waals surface area contributed by atoms with E-state index in [0.717, 1.165) is 16.1 Å². The second-order valence-corrected chi connectivity index (χ2v) is 8.53. The lowest BCUT2D eigenvalue weighted by molar-refractivity contribution is 0.0737. The Labute approximate surface area is 162 Å². The van der Waals surface area contributed by atoms with Crippen molar-refractivity contribution in [1.29, 1.82) is 0 Å². The molecule has 0 saturated carbocycles. The van der Waals surface area contributed by atoms with Crippen molar-refractivity contribution >= 4 is 27.3 Å². The van der Waals surface area contributed by atoms with E-state index in [1.807, 2.05) is 37.3 Å². The van der Waals surface area contributed by atoms with Gasteiger partial charge in [-0.3, -0.25) is 4.79 Å². The number of thiazole rings is 1. The molecule has 0 fully saturated rings. The van der Waals surface area contributed by atoms with E-state index in [1.54, 1.807) is 29.5 Å². The molecule has 2 N–H and O–H groups in total. The fourth-order valence-corrected chi connectivity index (χ4v) is 3.92. The van der Waals surface area contributed by atoms with Crippen LogP contribution in [0.1, 0.15) is 29.0 Å². The maximum atomic E-state index is 12.8. The maximum absolute atomic E-state index is 12.8. The van der Waals surface area contributed by atoms with E-state index in [1.165, 1.54) is 23.5 Å².